The number of carbonyl (C=O) groups excluding carboxylic acids is 1. The largest absolute Gasteiger partial charge is 0.444 e. The Labute approximate surface area is 242 Å². The minimum atomic E-state index is -0.786. The third-order valence-electron chi connectivity index (χ3n) is 7.41. The molecule has 3 heterocycles. The average molecular weight is 563 g/mol. The maximum absolute atomic E-state index is 12.9. The van der Waals surface area contributed by atoms with Gasteiger partial charge >= 0.3 is 6.09 Å². The standard InChI is InChI=1S/C32H42N4O5/c1-7-10-22-14-16-23(17-15-22)28-33-27(35-41-28)25-11-8-13-26-24(25)12-9-18-36(26)19-32(20-38-31(5,6)39-21-32)34-29(37)40-30(2,3)4/h8,11,13-17H,7,9-10,12,18-21H2,1-6H3,(H,34,37). The van der Waals surface area contributed by atoms with Gasteiger partial charge in [-0.25, -0.2) is 4.79 Å². The highest BCUT2D eigenvalue weighted by atomic mass is 16.7. The van der Waals surface area contributed by atoms with Gasteiger partial charge in [-0.15, -0.1) is 0 Å². The van der Waals surface area contributed by atoms with Crippen LogP contribution in [0, 0.1) is 0 Å². The van der Waals surface area contributed by atoms with Crippen molar-refractivity contribution in [2.24, 2.45) is 0 Å². The lowest BCUT2D eigenvalue weighted by Gasteiger charge is -2.47. The molecule has 0 aliphatic carbocycles. The minimum absolute atomic E-state index is 0.302. The quantitative estimate of drug-likeness (QED) is 0.366. The number of rotatable bonds is 7. The van der Waals surface area contributed by atoms with Crippen molar-refractivity contribution in [3.05, 3.63) is 53.6 Å². The van der Waals surface area contributed by atoms with Gasteiger partial charge in [0.25, 0.3) is 5.89 Å². The van der Waals surface area contributed by atoms with E-state index in [2.05, 4.69) is 40.5 Å². The highest BCUT2D eigenvalue weighted by Crippen LogP contribution is 2.37. The molecule has 1 saturated heterocycles. The zero-order valence-electron chi connectivity index (χ0n) is 25.1. The fourth-order valence-corrected chi connectivity index (χ4v) is 5.42. The summed E-state index contributed by atoms with van der Waals surface area (Å²) in [5, 5.41) is 7.45. The van der Waals surface area contributed by atoms with Crippen molar-refractivity contribution < 1.29 is 23.5 Å². The Kier molecular flexibility index (Phi) is 8.12. The van der Waals surface area contributed by atoms with Crippen molar-refractivity contribution in [1.82, 2.24) is 15.5 Å². The molecule has 2 aliphatic rings. The fraction of sp³-hybridized carbons (Fsp3) is 0.531. The smallest absolute Gasteiger partial charge is 0.408 e. The molecule has 2 aromatic carbocycles. The Morgan fingerprint density at radius 2 is 1.83 bits per heavy atom. The molecule has 1 amide bonds. The Balaban J connectivity index is 1.40. The highest BCUT2D eigenvalue weighted by molar-refractivity contribution is 5.73. The van der Waals surface area contributed by atoms with Crippen LogP contribution in [-0.2, 0) is 27.1 Å². The maximum atomic E-state index is 12.9. The number of anilines is 1. The number of ether oxygens (including phenoxy) is 3. The van der Waals surface area contributed by atoms with Crippen LogP contribution in [0.4, 0.5) is 10.5 Å². The number of amides is 1. The first-order valence-electron chi connectivity index (χ1n) is 14.6. The molecular weight excluding hydrogens is 520 g/mol. The number of benzene rings is 2. The number of hydrogen-bond donors (Lipinski definition) is 1. The van der Waals surface area contributed by atoms with Crippen molar-refractivity contribution >= 4 is 11.8 Å². The van der Waals surface area contributed by atoms with Crippen molar-refractivity contribution in [2.45, 2.75) is 84.2 Å². The number of nitrogens with one attached hydrogen (secondary N) is 1. The third-order valence-corrected chi connectivity index (χ3v) is 7.41. The van der Waals surface area contributed by atoms with Gasteiger partial charge in [-0.2, -0.15) is 4.98 Å². The Hall–Kier alpha value is -3.43. The number of alkyl carbamates (subject to hydrolysis) is 1. The molecule has 9 nitrogen and oxygen atoms in total. The van der Waals surface area contributed by atoms with Crippen LogP contribution in [0.25, 0.3) is 22.8 Å². The topological polar surface area (TPSA) is 99.0 Å². The molecule has 0 bridgehead atoms. The third kappa shape index (κ3) is 6.90. The number of aromatic nitrogens is 2. The molecular formula is C32H42N4O5. The average Bonchev–Trinajstić information content (AvgIpc) is 3.40. The summed E-state index contributed by atoms with van der Waals surface area (Å²) < 4.78 is 23.4. The molecule has 41 heavy (non-hydrogen) atoms. The van der Waals surface area contributed by atoms with Crippen LogP contribution in [0.15, 0.2) is 47.0 Å². The molecule has 220 valence electrons. The maximum Gasteiger partial charge on any atom is 0.408 e. The fourth-order valence-electron chi connectivity index (χ4n) is 5.42. The molecule has 1 aromatic heterocycles. The van der Waals surface area contributed by atoms with Gasteiger partial charge in [-0.1, -0.05) is 42.8 Å². The second-order valence-corrected chi connectivity index (χ2v) is 12.6. The Morgan fingerprint density at radius 1 is 1.10 bits per heavy atom. The van der Waals surface area contributed by atoms with Crippen molar-refractivity contribution in [1.29, 1.82) is 0 Å². The zero-order chi connectivity index (χ0) is 29.3. The SMILES string of the molecule is CCCc1ccc(-c2nc(-c3cccc4c3CCCN4CC3(NC(=O)OC(C)(C)C)COC(C)(C)OC3)no2)cc1. The Bertz CT molecular complexity index is 1350. The van der Waals surface area contributed by atoms with Crippen molar-refractivity contribution in [2.75, 3.05) is 31.2 Å². The van der Waals surface area contributed by atoms with E-state index in [-0.39, 0.29) is 0 Å². The van der Waals surface area contributed by atoms with Crippen LogP contribution in [0.1, 0.15) is 65.5 Å². The van der Waals surface area contributed by atoms with E-state index in [1.54, 1.807) is 0 Å². The first-order chi connectivity index (χ1) is 19.5. The predicted molar refractivity (Wildman–Crippen MR) is 158 cm³/mol. The molecule has 5 rings (SSSR count). The highest BCUT2D eigenvalue weighted by Gasteiger charge is 2.44. The molecule has 3 aromatic rings. The first-order valence-corrected chi connectivity index (χ1v) is 14.6. The van der Waals surface area contributed by atoms with E-state index in [0.29, 0.717) is 31.5 Å². The molecule has 0 spiro atoms. The summed E-state index contributed by atoms with van der Waals surface area (Å²) in [6.45, 7) is 13.4. The normalized spacial score (nSPS) is 18.0. The second kappa shape index (κ2) is 11.4. The van der Waals surface area contributed by atoms with E-state index in [9.17, 15) is 4.79 Å². The predicted octanol–water partition coefficient (Wildman–Crippen LogP) is 6.16. The van der Waals surface area contributed by atoms with Crippen LogP contribution in [0.5, 0.6) is 0 Å². The number of carbonyl (C=O) groups is 1. The summed E-state index contributed by atoms with van der Waals surface area (Å²) >= 11 is 0. The van der Waals surface area contributed by atoms with E-state index in [1.165, 1.54) is 5.56 Å². The van der Waals surface area contributed by atoms with Gasteiger partial charge in [0.1, 0.15) is 11.1 Å². The first kappa shape index (κ1) is 29.1. The summed E-state index contributed by atoms with van der Waals surface area (Å²) in [5.74, 6) is 0.357. The molecule has 9 heteroatoms. The summed E-state index contributed by atoms with van der Waals surface area (Å²) in [4.78, 5) is 20.0. The number of aryl methyl sites for hydroxylation is 1. The van der Waals surface area contributed by atoms with Crippen molar-refractivity contribution in [3.8, 4) is 22.8 Å². The van der Waals surface area contributed by atoms with Crippen LogP contribution < -0.4 is 10.2 Å². The molecule has 1 N–H and O–H groups in total. The van der Waals surface area contributed by atoms with Gasteiger partial charge in [-0.05, 0) is 83.2 Å². The van der Waals surface area contributed by atoms with Gasteiger partial charge < -0.3 is 29.0 Å². The number of hydrogen-bond acceptors (Lipinski definition) is 8. The van der Waals surface area contributed by atoms with Crippen LogP contribution in [-0.4, -0.2) is 59.5 Å². The molecule has 0 unspecified atom stereocenters. The molecule has 2 aliphatic heterocycles. The molecule has 0 saturated carbocycles. The van der Waals surface area contributed by atoms with E-state index in [4.69, 9.17) is 23.7 Å². The van der Waals surface area contributed by atoms with Gasteiger partial charge in [-0.3, -0.25) is 0 Å². The number of nitrogens with zero attached hydrogens (tertiary/aromatic N) is 3. The monoisotopic (exact) mass is 562 g/mol. The van der Waals surface area contributed by atoms with Gasteiger partial charge in [0.2, 0.25) is 5.82 Å². The summed E-state index contributed by atoms with van der Waals surface area (Å²) in [6, 6.07) is 14.5. The second-order valence-electron chi connectivity index (χ2n) is 12.6. The number of fused-ring (bicyclic) bond motifs is 1. The minimum Gasteiger partial charge on any atom is -0.444 e. The van der Waals surface area contributed by atoms with E-state index < -0.39 is 23.0 Å². The summed E-state index contributed by atoms with van der Waals surface area (Å²) in [7, 11) is 0. The van der Waals surface area contributed by atoms with E-state index >= 15 is 0 Å². The lowest BCUT2D eigenvalue weighted by Crippen LogP contribution is -2.66. The van der Waals surface area contributed by atoms with E-state index in [0.717, 1.165) is 54.6 Å². The van der Waals surface area contributed by atoms with Crippen LogP contribution >= 0.6 is 0 Å². The zero-order valence-corrected chi connectivity index (χ0v) is 25.1. The van der Waals surface area contributed by atoms with Crippen LogP contribution in [0.2, 0.25) is 0 Å². The summed E-state index contributed by atoms with van der Waals surface area (Å²) in [5.41, 5.74) is 4.00. The lowest BCUT2D eigenvalue weighted by molar-refractivity contribution is -0.269. The van der Waals surface area contributed by atoms with Crippen LogP contribution in [0.3, 0.4) is 0 Å². The summed E-state index contributed by atoms with van der Waals surface area (Å²) in [6.07, 6.45) is 3.51. The van der Waals surface area contributed by atoms with Crippen molar-refractivity contribution in [3.63, 3.8) is 0 Å². The van der Waals surface area contributed by atoms with Gasteiger partial charge in [0.15, 0.2) is 5.79 Å². The van der Waals surface area contributed by atoms with E-state index in [1.807, 2.05) is 58.9 Å². The lowest BCUT2D eigenvalue weighted by atomic mass is 9.93. The van der Waals surface area contributed by atoms with Gasteiger partial charge in [0, 0.05) is 29.9 Å². The Morgan fingerprint density at radius 3 is 2.51 bits per heavy atom. The molecule has 0 radical (unpaired) electrons. The van der Waals surface area contributed by atoms with Gasteiger partial charge in [0.05, 0.1) is 13.2 Å². The molecule has 1 fully saturated rings. The molecule has 0 atom stereocenters.